The maximum Gasteiger partial charge on any atom is 0.162 e. The molecule has 5 heteroatoms. The maximum absolute atomic E-state index is 13.2. The summed E-state index contributed by atoms with van der Waals surface area (Å²) in [5, 5.41) is 0. The number of rotatable bonds is 20. The molecule has 5 aromatic rings. The number of Topliss-reactive ketones (excluding diaryl/α,β-unsaturated/α-hetero) is 2. The van der Waals surface area contributed by atoms with Gasteiger partial charge in [0.2, 0.25) is 0 Å². The van der Waals surface area contributed by atoms with Crippen LogP contribution in [0.4, 0.5) is 0 Å². The third kappa shape index (κ3) is 10.9. The average Bonchev–Trinajstić information content (AvgIpc) is 3.55. The molecule has 0 spiro atoms. The molecule has 0 amide bonds. The zero-order valence-corrected chi connectivity index (χ0v) is 34.1. The van der Waals surface area contributed by atoms with Crippen molar-refractivity contribution in [3.63, 3.8) is 0 Å². The second-order valence-corrected chi connectivity index (χ2v) is 16.4. The number of ketones is 2. The second-order valence-electron chi connectivity index (χ2n) is 13.6. The summed E-state index contributed by atoms with van der Waals surface area (Å²) in [7, 11) is 0. The number of benzene rings is 4. The first-order valence-electron chi connectivity index (χ1n) is 18.9. The molecule has 266 valence electrons. The number of thiophene rings is 1. The van der Waals surface area contributed by atoms with Crippen LogP contribution < -0.4 is 0 Å². The van der Waals surface area contributed by atoms with Crippen LogP contribution in [-0.4, -0.2) is 11.6 Å². The van der Waals surface area contributed by atoms with Crippen molar-refractivity contribution in [1.29, 1.82) is 0 Å². The number of hydrogen-bond donors (Lipinski definition) is 0. The van der Waals surface area contributed by atoms with Gasteiger partial charge in [0, 0.05) is 53.8 Å². The summed E-state index contributed by atoms with van der Waals surface area (Å²) >= 11 is 9.04. The van der Waals surface area contributed by atoms with Gasteiger partial charge in [0.15, 0.2) is 11.6 Å². The second kappa shape index (κ2) is 20.2. The van der Waals surface area contributed by atoms with Gasteiger partial charge in [-0.15, -0.1) is 11.3 Å². The lowest BCUT2D eigenvalue weighted by atomic mass is 9.90. The van der Waals surface area contributed by atoms with E-state index >= 15 is 0 Å². The summed E-state index contributed by atoms with van der Waals surface area (Å²) in [6, 6.07) is 33.5. The summed E-state index contributed by atoms with van der Waals surface area (Å²) in [5.74, 6) is 0.431. The maximum atomic E-state index is 13.2. The van der Waals surface area contributed by atoms with Gasteiger partial charge in [-0.25, -0.2) is 0 Å². The first-order valence-corrected chi connectivity index (χ1v) is 21.3. The highest BCUT2D eigenvalue weighted by atomic mass is 79.9. The van der Waals surface area contributed by atoms with Gasteiger partial charge in [0.1, 0.15) is 0 Å². The predicted molar refractivity (Wildman–Crippen MR) is 226 cm³/mol. The van der Waals surface area contributed by atoms with Gasteiger partial charge in [-0.1, -0.05) is 183 Å². The Labute approximate surface area is 326 Å². The van der Waals surface area contributed by atoms with Crippen molar-refractivity contribution in [3.8, 4) is 43.1 Å². The van der Waals surface area contributed by atoms with E-state index in [1.54, 1.807) is 11.3 Å². The molecule has 0 aliphatic carbocycles. The van der Waals surface area contributed by atoms with Gasteiger partial charge < -0.3 is 0 Å². The number of hydrogen-bond acceptors (Lipinski definition) is 3. The monoisotopic (exact) mass is 824 g/mol. The van der Waals surface area contributed by atoms with Crippen LogP contribution in [0.1, 0.15) is 124 Å². The molecule has 0 unspecified atom stereocenters. The normalized spacial score (nSPS) is 11.2. The van der Waals surface area contributed by atoms with Gasteiger partial charge in [-0.3, -0.25) is 9.59 Å². The molecule has 0 saturated carbocycles. The van der Waals surface area contributed by atoms with Crippen LogP contribution in [0, 0.1) is 0 Å². The lowest BCUT2D eigenvalue weighted by molar-refractivity contribution is 0.0971. The molecule has 0 bridgehead atoms. The van der Waals surface area contributed by atoms with E-state index in [0.717, 1.165) is 79.1 Å². The Bertz CT molecular complexity index is 1700. The van der Waals surface area contributed by atoms with Crippen molar-refractivity contribution >= 4 is 54.8 Å². The van der Waals surface area contributed by atoms with E-state index < -0.39 is 0 Å². The van der Waals surface area contributed by atoms with Crippen LogP contribution in [0.25, 0.3) is 43.1 Å². The molecule has 1 heterocycles. The van der Waals surface area contributed by atoms with E-state index in [4.69, 9.17) is 0 Å². The van der Waals surface area contributed by atoms with Gasteiger partial charge in [0.05, 0.1) is 0 Å². The largest absolute Gasteiger partial charge is 0.294 e. The van der Waals surface area contributed by atoms with Gasteiger partial charge >= 0.3 is 0 Å². The molecule has 0 aliphatic rings. The van der Waals surface area contributed by atoms with Crippen LogP contribution in [0.15, 0.2) is 106 Å². The fourth-order valence-corrected chi connectivity index (χ4v) is 8.54. The van der Waals surface area contributed by atoms with Crippen LogP contribution in [0.5, 0.6) is 0 Å². The first kappa shape index (κ1) is 39.1. The minimum Gasteiger partial charge on any atom is -0.294 e. The van der Waals surface area contributed by atoms with Crippen molar-refractivity contribution in [1.82, 2.24) is 0 Å². The highest BCUT2D eigenvalue weighted by molar-refractivity contribution is 9.10. The first-order chi connectivity index (χ1) is 24.9. The standard InChI is InChI=1S/C46H50Br2O2S/c1-3-5-7-9-11-13-15-41(49)33-17-21-35(22-18-33)43-44(36-23-19-34(20-24-36)42(50)16-14-12-10-8-6-4-2)46(38-27-31-40(48)32-28-38)51-45(43)37-25-29-39(47)30-26-37/h17-32H,3-16H2,1-2H3. The van der Waals surface area contributed by atoms with Crippen molar-refractivity contribution < 1.29 is 9.59 Å². The number of carbonyl (C=O) groups excluding carboxylic acids is 2. The molecule has 51 heavy (non-hydrogen) atoms. The minimum atomic E-state index is 0.215. The Hall–Kier alpha value is -3.12. The fourth-order valence-electron chi connectivity index (χ4n) is 6.66. The summed E-state index contributed by atoms with van der Waals surface area (Å²) in [6.07, 6.45) is 15.2. The van der Waals surface area contributed by atoms with E-state index in [1.165, 1.54) is 61.1 Å². The van der Waals surface area contributed by atoms with Crippen LogP contribution >= 0.6 is 43.2 Å². The smallest absolute Gasteiger partial charge is 0.162 e. The Kier molecular flexibility index (Phi) is 15.5. The Balaban J connectivity index is 1.51. The molecule has 1 aromatic heterocycles. The minimum absolute atomic E-state index is 0.215. The molecule has 4 aromatic carbocycles. The number of carbonyl (C=O) groups is 2. The third-order valence-corrected chi connectivity index (χ3v) is 12.0. The van der Waals surface area contributed by atoms with E-state index in [2.05, 4.69) is 119 Å². The Morgan fingerprint density at radius 3 is 1.10 bits per heavy atom. The summed E-state index contributed by atoms with van der Waals surface area (Å²) in [4.78, 5) is 28.7. The summed E-state index contributed by atoms with van der Waals surface area (Å²) in [5.41, 5.74) is 8.24. The van der Waals surface area contributed by atoms with Crippen molar-refractivity contribution in [3.05, 3.63) is 117 Å². The molecule has 0 N–H and O–H groups in total. The van der Waals surface area contributed by atoms with E-state index in [0.29, 0.717) is 12.8 Å². The van der Waals surface area contributed by atoms with Crippen LogP contribution in [0.3, 0.4) is 0 Å². The quantitative estimate of drug-likeness (QED) is 0.0579. The fraction of sp³-hybridized carbons (Fsp3) is 0.348. The van der Waals surface area contributed by atoms with Gasteiger partial charge in [0.25, 0.3) is 0 Å². The van der Waals surface area contributed by atoms with Crippen LogP contribution in [-0.2, 0) is 0 Å². The van der Waals surface area contributed by atoms with E-state index in [9.17, 15) is 9.59 Å². The molecule has 0 saturated heterocycles. The number of unbranched alkanes of at least 4 members (excludes halogenated alkanes) is 10. The Morgan fingerprint density at radius 2 is 0.745 bits per heavy atom. The van der Waals surface area contributed by atoms with Gasteiger partial charge in [-0.05, 0) is 59.4 Å². The van der Waals surface area contributed by atoms with E-state index in [-0.39, 0.29) is 11.6 Å². The molecule has 0 fully saturated rings. The summed E-state index contributed by atoms with van der Waals surface area (Å²) < 4.78 is 2.07. The highest BCUT2D eigenvalue weighted by Crippen LogP contribution is 2.52. The van der Waals surface area contributed by atoms with Crippen molar-refractivity contribution in [2.75, 3.05) is 0 Å². The summed E-state index contributed by atoms with van der Waals surface area (Å²) in [6.45, 7) is 4.46. The predicted octanol–water partition coefficient (Wildman–Crippen LogP) is 15.8. The van der Waals surface area contributed by atoms with Crippen molar-refractivity contribution in [2.45, 2.75) is 104 Å². The lowest BCUT2D eigenvalue weighted by Gasteiger charge is -2.12. The van der Waals surface area contributed by atoms with Crippen molar-refractivity contribution in [2.24, 2.45) is 0 Å². The third-order valence-electron chi connectivity index (χ3n) is 9.63. The average molecular weight is 827 g/mol. The molecule has 2 nitrogen and oxygen atoms in total. The Morgan fingerprint density at radius 1 is 0.431 bits per heavy atom. The zero-order chi connectivity index (χ0) is 36.0. The molecule has 0 aliphatic heterocycles. The molecular weight excluding hydrogens is 776 g/mol. The molecule has 0 atom stereocenters. The topological polar surface area (TPSA) is 34.1 Å². The molecule has 5 rings (SSSR count). The SMILES string of the molecule is CCCCCCCCC(=O)c1ccc(-c2c(-c3ccc(Br)cc3)sc(-c3ccc(Br)cc3)c2-c2ccc(C(=O)CCCCCCCC)cc2)cc1. The number of halogens is 2. The highest BCUT2D eigenvalue weighted by Gasteiger charge is 2.24. The molecule has 0 radical (unpaired) electrons. The zero-order valence-electron chi connectivity index (χ0n) is 30.1. The van der Waals surface area contributed by atoms with Crippen LogP contribution in [0.2, 0.25) is 0 Å². The lowest BCUT2D eigenvalue weighted by Crippen LogP contribution is -1.99. The molecular formula is C46H50Br2O2S. The van der Waals surface area contributed by atoms with E-state index in [1.807, 2.05) is 24.3 Å². The van der Waals surface area contributed by atoms with Gasteiger partial charge in [-0.2, -0.15) is 0 Å².